The lowest BCUT2D eigenvalue weighted by Crippen LogP contribution is -2.12. The minimum atomic E-state index is -0.220. The fourth-order valence-corrected chi connectivity index (χ4v) is 2.58. The number of rotatable bonds is 3. The number of carbonyl (C=O) groups excluding carboxylic acids is 1. The normalized spacial score (nSPS) is 10.9. The van der Waals surface area contributed by atoms with Crippen molar-refractivity contribution in [2.75, 3.05) is 5.32 Å². The van der Waals surface area contributed by atoms with Gasteiger partial charge < -0.3 is 10.3 Å². The van der Waals surface area contributed by atoms with Gasteiger partial charge in [-0.2, -0.15) is 5.10 Å². The number of nitrogens with one attached hydrogen (secondary N) is 3. The van der Waals surface area contributed by atoms with Crippen molar-refractivity contribution in [3.05, 3.63) is 60.2 Å². The van der Waals surface area contributed by atoms with Gasteiger partial charge in [-0.1, -0.05) is 0 Å². The molecule has 0 saturated carbocycles. The first-order valence-corrected chi connectivity index (χ1v) is 7.42. The van der Waals surface area contributed by atoms with Crippen LogP contribution in [0.1, 0.15) is 15.9 Å². The van der Waals surface area contributed by atoms with Crippen LogP contribution in [0.15, 0.2) is 49.1 Å². The molecule has 3 aromatic heterocycles. The minimum absolute atomic E-state index is 0.220. The minimum Gasteiger partial charge on any atom is -0.345 e. The molecule has 0 saturated heterocycles. The van der Waals surface area contributed by atoms with Gasteiger partial charge in [-0.15, -0.1) is 0 Å². The summed E-state index contributed by atoms with van der Waals surface area (Å²) in [5.41, 5.74) is 4.88. The Morgan fingerprint density at radius 2 is 2.00 bits per heavy atom. The Morgan fingerprint density at radius 3 is 2.83 bits per heavy atom. The highest BCUT2D eigenvalue weighted by Crippen LogP contribution is 2.25. The third kappa shape index (κ3) is 2.41. The van der Waals surface area contributed by atoms with Gasteiger partial charge in [-0.25, -0.2) is 4.98 Å². The smallest absolute Gasteiger partial charge is 0.256 e. The second kappa shape index (κ2) is 5.62. The van der Waals surface area contributed by atoms with E-state index in [0.717, 1.165) is 27.9 Å². The van der Waals surface area contributed by atoms with Crippen LogP contribution in [0.2, 0.25) is 0 Å². The topological polar surface area (TPSA) is 99.4 Å². The first kappa shape index (κ1) is 14.1. The summed E-state index contributed by atoms with van der Waals surface area (Å²) >= 11 is 0. The number of imidazole rings is 1. The monoisotopic (exact) mass is 318 g/mol. The number of aromatic amines is 2. The largest absolute Gasteiger partial charge is 0.345 e. The molecular formula is C17H14N6O. The summed E-state index contributed by atoms with van der Waals surface area (Å²) in [4.78, 5) is 23.6. The SMILES string of the molecule is Cc1c(NC(=O)c2ccc3nc[nH]c3c2)n[nH]c1-c1ccncc1. The molecule has 0 unspecified atom stereocenters. The summed E-state index contributed by atoms with van der Waals surface area (Å²) in [5, 5.41) is 10.0. The van der Waals surface area contributed by atoms with Crippen molar-refractivity contribution >= 4 is 22.8 Å². The van der Waals surface area contributed by atoms with Gasteiger partial charge >= 0.3 is 0 Å². The Bertz CT molecular complexity index is 1020. The quantitative estimate of drug-likeness (QED) is 0.541. The number of H-pyrrole nitrogens is 2. The van der Waals surface area contributed by atoms with Gasteiger partial charge in [0.05, 0.1) is 23.1 Å². The average Bonchev–Trinajstić information content (AvgIpc) is 3.22. The summed E-state index contributed by atoms with van der Waals surface area (Å²) in [6.45, 7) is 1.91. The standard InChI is InChI=1S/C17H14N6O/c1-10-15(11-4-6-18-7-5-11)22-23-16(10)21-17(24)12-2-3-13-14(8-12)20-9-19-13/h2-9H,1H3,(H,19,20)(H2,21,22,23,24). The fraction of sp³-hybridized carbons (Fsp3) is 0.0588. The van der Waals surface area contributed by atoms with Crippen LogP contribution in [0.4, 0.5) is 5.82 Å². The molecule has 0 fully saturated rings. The number of carbonyl (C=O) groups is 1. The van der Waals surface area contributed by atoms with Crippen LogP contribution < -0.4 is 5.32 Å². The third-order valence-corrected chi connectivity index (χ3v) is 3.89. The molecule has 4 rings (SSSR count). The van der Waals surface area contributed by atoms with Crippen molar-refractivity contribution in [1.82, 2.24) is 25.1 Å². The van der Waals surface area contributed by atoms with Gasteiger partial charge in [0, 0.05) is 29.1 Å². The molecule has 3 heterocycles. The molecule has 0 spiro atoms. The van der Waals surface area contributed by atoms with E-state index >= 15 is 0 Å². The van der Waals surface area contributed by atoms with Crippen LogP contribution in [0.5, 0.6) is 0 Å². The van der Waals surface area contributed by atoms with Crippen LogP contribution in [0, 0.1) is 6.92 Å². The number of amides is 1. The third-order valence-electron chi connectivity index (χ3n) is 3.89. The van der Waals surface area contributed by atoms with Crippen LogP contribution in [-0.2, 0) is 0 Å². The van der Waals surface area contributed by atoms with E-state index in [-0.39, 0.29) is 5.91 Å². The number of pyridine rings is 1. The highest BCUT2D eigenvalue weighted by Gasteiger charge is 2.14. The summed E-state index contributed by atoms with van der Waals surface area (Å²) in [6.07, 6.45) is 5.03. The number of nitrogens with zero attached hydrogens (tertiary/aromatic N) is 3. The Kier molecular flexibility index (Phi) is 3.31. The molecule has 0 radical (unpaired) electrons. The van der Waals surface area contributed by atoms with E-state index in [1.807, 2.05) is 19.1 Å². The Hall–Kier alpha value is -3.48. The van der Waals surface area contributed by atoms with E-state index in [1.54, 1.807) is 36.9 Å². The lowest BCUT2D eigenvalue weighted by Gasteiger charge is -2.04. The summed E-state index contributed by atoms with van der Waals surface area (Å²) in [7, 11) is 0. The summed E-state index contributed by atoms with van der Waals surface area (Å²) in [6, 6.07) is 9.09. The average molecular weight is 318 g/mol. The first-order chi connectivity index (χ1) is 11.7. The van der Waals surface area contributed by atoms with Gasteiger partial charge in [0.1, 0.15) is 0 Å². The van der Waals surface area contributed by atoms with Crippen LogP contribution in [0.25, 0.3) is 22.3 Å². The van der Waals surface area contributed by atoms with Crippen LogP contribution in [-0.4, -0.2) is 31.1 Å². The van der Waals surface area contributed by atoms with E-state index in [9.17, 15) is 4.79 Å². The molecule has 0 aliphatic heterocycles. The second-order valence-electron chi connectivity index (χ2n) is 5.40. The number of aromatic nitrogens is 5. The predicted octanol–water partition coefficient (Wildman–Crippen LogP) is 2.91. The Labute approximate surface area is 137 Å². The van der Waals surface area contributed by atoms with Crippen molar-refractivity contribution in [2.24, 2.45) is 0 Å². The lowest BCUT2D eigenvalue weighted by atomic mass is 10.1. The van der Waals surface area contributed by atoms with Crippen molar-refractivity contribution < 1.29 is 4.79 Å². The van der Waals surface area contributed by atoms with Crippen LogP contribution in [0.3, 0.4) is 0 Å². The van der Waals surface area contributed by atoms with Crippen molar-refractivity contribution in [1.29, 1.82) is 0 Å². The number of hydrogen-bond donors (Lipinski definition) is 3. The summed E-state index contributed by atoms with van der Waals surface area (Å²) in [5.74, 6) is 0.291. The molecule has 7 heteroatoms. The molecule has 4 aromatic rings. The van der Waals surface area contributed by atoms with Crippen LogP contribution >= 0.6 is 0 Å². The maximum absolute atomic E-state index is 12.5. The zero-order valence-electron chi connectivity index (χ0n) is 12.9. The van der Waals surface area contributed by atoms with Gasteiger partial charge in [0.15, 0.2) is 5.82 Å². The van der Waals surface area contributed by atoms with Gasteiger partial charge in [0.25, 0.3) is 5.91 Å². The highest BCUT2D eigenvalue weighted by atomic mass is 16.1. The van der Waals surface area contributed by atoms with Gasteiger partial charge in [0.2, 0.25) is 0 Å². The molecule has 0 bridgehead atoms. The fourth-order valence-electron chi connectivity index (χ4n) is 2.58. The molecule has 24 heavy (non-hydrogen) atoms. The molecule has 1 aromatic carbocycles. The molecule has 0 aliphatic carbocycles. The van der Waals surface area contributed by atoms with E-state index in [2.05, 4.69) is 30.5 Å². The molecule has 7 nitrogen and oxygen atoms in total. The molecule has 0 atom stereocenters. The number of hydrogen-bond acceptors (Lipinski definition) is 4. The zero-order valence-corrected chi connectivity index (χ0v) is 12.9. The van der Waals surface area contributed by atoms with E-state index in [4.69, 9.17) is 0 Å². The number of anilines is 1. The maximum atomic E-state index is 12.5. The molecule has 3 N–H and O–H groups in total. The number of benzene rings is 1. The van der Waals surface area contributed by atoms with E-state index in [1.165, 1.54) is 0 Å². The highest BCUT2D eigenvalue weighted by molar-refractivity contribution is 6.06. The molecule has 1 amide bonds. The Balaban J connectivity index is 1.61. The van der Waals surface area contributed by atoms with Crippen molar-refractivity contribution in [3.63, 3.8) is 0 Å². The predicted molar refractivity (Wildman–Crippen MR) is 90.6 cm³/mol. The molecular weight excluding hydrogens is 304 g/mol. The zero-order chi connectivity index (χ0) is 16.5. The maximum Gasteiger partial charge on any atom is 0.256 e. The van der Waals surface area contributed by atoms with E-state index < -0.39 is 0 Å². The van der Waals surface area contributed by atoms with Gasteiger partial charge in [-0.05, 0) is 37.3 Å². The van der Waals surface area contributed by atoms with Crippen molar-refractivity contribution in [3.8, 4) is 11.3 Å². The summed E-state index contributed by atoms with van der Waals surface area (Å²) < 4.78 is 0. The van der Waals surface area contributed by atoms with Gasteiger partial charge in [-0.3, -0.25) is 14.9 Å². The lowest BCUT2D eigenvalue weighted by molar-refractivity contribution is 0.102. The molecule has 0 aliphatic rings. The Morgan fingerprint density at radius 1 is 1.17 bits per heavy atom. The number of fused-ring (bicyclic) bond motifs is 1. The molecule has 118 valence electrons. The van der Waals surface area contributed by atoms with Crippen molar-refractivity contribution in [2.45, 2.75) is 6.92 Å². The second-order valence-corrected chi connectivity index (χ2v) is 5.40. The first-order valence-electron chi connectivity index (χ1n) is 7.42. The van der Waals surface area contributed by atoms with E-state index in [0.29, 0.717) is 11.4 Å².